The number of ether oxygens (including phenoxy) is 2. The molecule has 1 saturated heterocycles. The van der Waals surface area contributed by atoms with Gasteiger partial charge in [-0.15, -0.1) is 0 Å². The fourth-order valence-corrected chi connectivity index (χ4v) is 2.49. The van der Waals surface area contributed by atoms with Gasteiger partial charge in [-0.2, -0.15) is 0 Å². The molecule has 5 heteroatoms. The van der Waals surface area contributed by atoms with E-state index in [4.69, 9.17) is 14.6 Å². The predicted octanol–water partition coefficient (Wildman–Crippen LogP) is -0.0966. The lowest BCUT2D eigenvalue weighted by molar-refractivity contribution is -0.0174. The molecule has 0 aromatic rings. The Hall–Kier alpha value is -0.200. The summed E-state index contributed by atoms with van der Waals surface area (Å²) >= 11 is 0. The van der Waals surface area contributed by atoms with E-state index in [2.05, 4.69) is 5.32 Å². The van der Waals surface area contributed by atoms with Crippen LogP contribution in [0.1, 0.15) is 25.7 Å². The van der Waals surface area contributed by atoms with Crippen LogP contribution >= 0.6 is 0 Å². The Morgan fingerprint density at radius 2 is 2.22 bits per heavy atom. The van der Waals surface area contributed by atoms with Gasteiger partial charge in [0.25, 0.3) is 0 Å². The van der Waals surface area contributed by atoms with Gasteiger partial charge in [-0.3, -0.25) is 0 Å². The molecule has 0 aromatic carbocycles. The number of aliphatic hydroxyl groups excluding tert-OH is 2. The first-order valence-corrected chi connectivity index (χ1v) is 7.00. The summed E-state index contributed by atoms with van der Waals surface area (Å²) in [7, 11) is 0. The van der Waals surface area contributed by atoms with E-state index in [9.17, 15) is 5.11 Å². The van der Waals surface area contributed by atoms with Crippen molar-refractivity contribution in [1.29, 1.82) is 0 Å². The Labute approximate surface area is 108 Å². The Morgan fingerprint density at radius 3 is 2.89 bits per heavy atom. The van der Waals surface area contributed by atoms with Gasteiger partial charge in [-0.1, -0.05) is 0 Å². The van der Waals surface area contributed by atoms with Crippen LogP contribution in [-0.2, 0) is 9.47 Å². The maximum absolute atomic E-state index is 9.70. The Morgan fingerprint density at radius 1 is 1.39 bits per heavy atom. The second kappa shape index (κ2) is 7.40. The molecule has 3 N–H and O–H groups in total. The van der Waals surface area contributed by atoms with Gasteiger partial charge in [0.15, 0.2) is 0 Å². The molecule has 2 rings (SSSR count). The summed E-state index contributed by atoms with van der Waals surface area (Å²) in [6.07, 6.45) is 3.62. The molecule has 0 spiro atoms. The molecule has 1 aliphatic heterocycles. The van der Waals surface area contributed by atoms with Crippen molar-refractivity contribution in [3.05, 3.63) is 0 Å². The lowest BCUT2D eigenvalue weighted by Crippen LogP contribution is -2.39. The van der Waals surface area contributed by atoms with Crippen molar-refractivity contribution in [2.45, 2.75) is 44.0 Å². The van der Waals surface area contributed by atoms with Gasteiger partial charge in [-0.05, 0) is 38.1 Å². The molecule has 106 valence electrons. The summed E-state index contributed by atoms with van der Waals surface area (Å²) in [5.41, 5.74) is 0. The molecule has 0 bridgehead atoms. The van der Waals surface area contributed by atoms with Crippen molar-refractivity contribution in [2.75, 3.05) is 32.9 Å². The number of nitrogens with one attached hydrogen (secondary N) is 1. The molecule has 0 aromatic heterocycles. The smallest absolute Gasteiger partial charge is 0.0897 e. The van der Waals surface area contributed by atoms with E-state index in [0.29, 0.717) is 25.7 Å². The minimum Gasteiger partial charge on any atom is -0.393 e. The van der Waals surface area contributed by atoms with Gasteiger partial charge >= 0.3 is 0 Å². The molecule has 2 unspecified atom stereocenters. The van der Waals surface area contributed by atoms with Gasteiger partial charge in [-0.25, -0.2) is 0 Å². The van der Waals surface area contributed by atoms with Crippen molar-refractivity contribution >= 4 is 0 Å². The average Bonchev–Trinajstić information content (AvgIpc) is 2.79. The molecule has 1 aliphatic carbocycles. The van der Waals surface area contributed by atoms with E-state index in [-0.39, 0.29) is 12.2 Å². The quantitative estimate of drug-likeness (QED) is 0.568. The molecule has 2 atom stereocenters. The number of hydrogen-bond donors (Lipinski definition) is 3. The summed E-state index contributed by atoms with van der Waals surface area (Å²) in [6.45, 7) is 3.22. The monoisotopic (exact) mass is 259 g/mol. The average molecular weight is 259 g/mol. The third-order valence-electron chi connectivity index (χ3n) is 3.66. The van der Waals surface area contributed by atoms with E-state index in [1.54, 1.807) is 0 Å². The summed E-state index contributed by atoms with van der Waals surface area (Å²) < 4.78 is 10.9. The van der Waals surface area contributed by atoms with Crippen LogP contribution in [-0.4, -0.2) is 61.4 Å². The first-order chi connectivity index (χ1) is 8.74. The minimum absolute atomic E-state index is 0.100. The lowest BCUT2D eigenvalue weighted by Gasteiger charge is -2.31. The van der Waals surface area contributed by atoms with Crippen molar-refractivity contribution in [3.8, 4) is 0 Å². The summed E-state index contributed by atoms with van der Waals surface area (Å²) in [6, 6.07) is 0. The highest BCUT2D eigenvalue weighted by Crippen LogP contribution is 2.25. The molecule has 1 heterocycles. The molecule has 2 fully saturated rings. The number of rotatable bonds is 8. The van der Waals surface area contributed by atoms with Crippen LogP contribution in [0.4, 0.5) is 0 Å². The molecular formula is C13H25NO4. The third kappa shape index (κ3) is 4.82. The van der Waals surface area contributed by atoms with E-state index >= 15 is 0 Å². The molecule has 5 nitrogen and oxygen atoms in total. The van der Waals surface area contributed by atoms with Gasteiger partial charge in [0.05, 0.1) is 31.5 Å². The maximum Gasteiger partial charge on any atom is 0.0897 e. The SMILES string of the molecule is OC(CNCC1CC(O)C1)COCC1CCCO1. The Bertz CT molecular complexity index is 227. The molecular weight excluding hydrogens is 234 g/mol. The summed E-state index contributed by atoms with van der Waals surface area (Å²) in [5, 5.41) is 22.1. The van der Waals surface area contributed by atoms with Crippen LogP contribution in [0.3, 0.4) is 0 Å². The first-order valence-electron chi connectivity index (χ1n) is 7.00. The zero-order valence-corrected chi connectivity index (χ0v) is 10.9. The normalized spacial score (nSPS) is 33.3. The largest absolute Gasteiger partial charge is 0.393 e. The fraction of sp³-hybridized carbons (Fsp3) is 1.00. The molecule has 2 aliphatic rings. The maximum atomic E-state index is 9.70. The second-order valence-corrected chi connectivity index (χ2v) is 5.48. The number of aliphatic hydroxyl groups is 2. The predicted molar refractivity (Wildman–Crippen MR) is 67.4 cm³/mol. The van der Waals surface area contributed by atoms with Crippen molar-refractivity contribution < 1.29 is 19.7 Å². The van der Waals surface area contributed by atoms with Gasteiger partial charge in [0.1, 0.15) is 0 Å². The highest BCUT2D eigenvalue weighted by molar-refractivity contribution is 4.80. The van der Waals surface area contributed by atoms with E-state index in [1.165, 1.54) is 0 Å². The standard InChI is InChI=1S/C13H25NO4/c15-11-4-10(5-11)6-14-7-12(16)8-17-9-13-2-1-3-18-13/h10-16H,1-9H2. The zero-order valence-electron chi connectivity index (χ0n) is 10.9. The number of hydrogen-bond acceptors (Lipinski definition) is 5. The Balaban J connectivity index is 1.41. The van der Waals surface area contributed by atoms with Crippen LogP contribution in [0, 0.1) is 5.92 Å². The van der Waals surface area contributed by atoms with E-state index < -0.39 is 6.10 Å². The minimum atomic E-state index is -0.462. The van der Waals surface area contributed by atoms with Crippen LogP contribution in [0.25, 0.3) is 0 Å². The van der Waals surface area contributed by atoms with Crippen LogP contribution < -0.4 is 5.32 Å². The van der Waals surface area contributed by atoms with Crippen molar-refractivity contribution in [1.82, 2.24) is 5.32 Å². The highest BCUT2D eigenvalue weighted by Gasteiger charge is 2.26. The van der Waals surface area contributed by atoms with Crippen LogP contribution in [0.15, 0.2) is 0 Å². The molecule has 1 saturated carbocycles. The summed E-state index contributed by atoms with van der Waals surface area (Å²) in [4.78, 5) is 0. The third-order valence-corrected chi connectivity index (χ3v) is 3.66. The van der Waals surface area contributed by atoms with Crippen LogP contribution in [0.2, 0.25) is 0 Å². The topological polar surface area (TPSA) is 71.0 Å². The molecule has 0 amide bonds. The van der Waals surface area contributed by atoms with Gasteiger partial charge < -0.3 is 25.0 Å². The van der Waals surface area contributed by atoms with Crippen molar-refractivity contribution in [2.24, 2.45) is 5.92 Å². The van der Waals surface area contributed by atoms with Gasteiger partial charge in [0.2, 0.25) is 0 Å². The van der Waals surface area contributed by atoms with Crippen LogP contribution in [0.5, 0.6) is 0 Å². The second-order valence-electron chi connectivity index (χ2n) is 5.48. The summed E-state index contributed by atoms with van der Waals surface area (Å²) in [5.74, 6) is 0.569. The lowest BCUT2D eigenvalue weighted by atomic mass is 9.82. The van der Waals surface area contributed by atoms with Crippen molar-refractivity contribution in [3.63, 3.8) is 0 Å². The Kier molecular flexibility index (Phi) is 5.85. The highest BCUT2D eigenvalue weighted by atomic mass is 16.5. The molecule has 18 heavy (non-hydrogen) atoms. The van der Waals surface area contributed by atoms with E-state index in [1.807, 2.05) is 0 Å². The van der Waals surface area contributed by atoms with Gasteiger partial charge in [0, 0.05) is 13.2 Å². The first kappa shape index (κ1) is 14.2. The molecule has 0 radical (unpaired) electrons. The fourth-order valence-electron chi connectivity index (χ4n) is 2.49. The van der Waals surface area contributed by atoms with E-state index in [0.717, 1.165) is 38.8 Å². The zero-order chi connectivity index (χ0) is 12.8.